The van der Waals surface area contributed by atoms with Crippen LogP contribution in [0.4, 0.5) is 8.78 Å². The van der Waals surface area contributed by atoms with Gasteiger partial charge in [-0.2, -0.15) is 0 Å². The first-order chi connectivity index (χ1) is 15.8. The van der Waals surface area contributed by atoms with Crippen molar-refractivity contribution in [1.29, 1.82) is 0 Å². The second kappa shape index (κ2) is 7.79. The predicted octanol–water partition coefficient (Wildman–Crippen LogP) is 2.04. The molecule has 4 fully saturated rings. The van der Waals surface area contributed by atoms with Gasteiger partial charge in [-0.25, -0.2) is 18.7 Å². The zero-order valence-corrected chi connectivity index (χ0v) is 18.9. The van der Waals surface area contributed by atoms with Crippen LogP contribution in [0.1, 0.15) is 38.3 Å². The van der Waals surface area contributed by atoms with Crippen LogP contribution in [0.2, 0.25) is 5.15 Å². The van der Waals surface area contributed by atoms with Crippen LogP contribution in [-0.2, 0) is 4.74 Å². The fraction of sp³-hybridized carbons (Fsp3) is 0.727. The topological polar surface area (TPSA) is 86.9 Å². The van der Waals surface area contributed by atoms with Crippen molar-refractivity contribution >= 4 is 22.6 Å². The molecule has 0 bridgehead atoms. The lowest BCUT2D eigenvalue weighted by Gasteiger charge is -2.45. The molecule has 1 saturated carbocycles. The predicted molar refractivity (Wildman–Crippen MR) is 116 cm³/mol. The summed E-state index contributed by atoms with van der Waals surface area (Å²) in [4.78, 5) is 12.4. The molecular weight excluding hydrogens is 456 g/mol. The molecule has 2 N–H and O–H groups in total. The third kappa shape index (κ3) is 3.75. The highest BCUT2D eigenvalue weighted by atomic mass is 35.5. The van der Waals surface area contributed by atoms with Crippen molar-refractivity contribution in [2.24, 2.45) is 0 Å². The molecule has 33 heavy (non-hydrogen) atoms. The van der Waals surface area contributed by atoms with Gasteiger partial charge in [0.2, 0.25) is 0 Å². The minimum Gasteiger partial charge on any atom is -0.387 e. The molecule has 0 aromatic carbocycles. The molecule has 4 atom stereocenters. The number of hydrogen-bond donors (Lipinski definition) is 2. The molecule has 1 spiro atoms. The maximum atomic E-state index is 14.6. The summed E-state index contributed by atoms with van der Waals surface area (Å²) >= 11 is 6.13. The van der Waals surface area contributed by atoms with Gasteiger partial charge in [0.1, 0.15) is 35.4 Å². The van der Waals surface area contributed by atoms with Crippen molar-refractivity contribution in [3.63, 3.8) is 0 Å². The molecule has 2 aromatic heterocycles. The Morgan fingerprint density at radius 3 is 2.64 bits per heavy atom. The number of aromatic nitrogens is 3. The van der Waals surface area contributed by atoms with Gasteiger partial charge >= 0.3 is 0 Å². The fourth-order valence-electron chi connectivity index (χ4n) is 6.06. The molecule has 1 aliphatic carbocycles. The molecule has 180 valence electrons. The highest BCUT2D eigenvalue weighted by Crippen LogP contribution is 2.47. The van der Waals surface area contributed by atoms with Gasteiger partial charge in [0.15, 0.2) is 6.23 Å². The number of nitrogens with zero attached hydrogens (tertiary/aromatic N) is 5. The third-order valence-electron chi connectivity index (χ3n) is 7.95. The van der Waals surface area contributed by atoms with Crippen molar-refractivity contribution in [3.05, 3.63) is 23.7 Å². The van der Waals surface area contributed by atoms with Crippen LogP contribution < -0.4 is 0 Å². The number of piperidine rings is 1. The smallest absolute Gasteiger partial charge is 0.262 e. The van der Waals surface area contributed by atoms with Gasteiger partial charge < -0.3 is 24.4 Å². The molecule has 4 aliphatic rings. The highest BCUT2D eigenvalue weighted by molar-refractivity contribution is 6.33. The number of rotatable bonds is 4. The van der Waals surface area contributed by atoms with Crippen molar-refractivity contribution in [1.82, 2.24) is 24.3 Å². The second-order valence-electron chi connectivity index (χ2n) is 10.1. The van der Waals surface area contributed by atoms with E-state index in [1.807, 2.05) is 4.90 Å². The number of halogens is 3. The monoisotopic (exact) mass is 483 g/mol. The molecule has 3 saturated heterocycles. The zero-order chi connectivity index (χ0) is 23.0. The Hall–Kier alpha value is -1.43. The third-order valence-corrected chi connectivity index (χ3v) is 8.25. The average molecular weight is 484 g/mol. The molecule has 2 aromatic rings. The SMILES string of the molecule is O[C@@H]1[C@H](O)[C@@H](CN2CC(F)(F)CC23CCN(C2CC2)CC3)O[C@H]1n1ccc2c(Cl)ncnc21. The van der Waals surface area contributed by atoms with Gasteiger partial charge in [0, 0.05) is 43.8 Å². The molecule has 6 rings (SSSR count). The van der Waals surface area contributed by atoms with Gasteiger partial charge in [-0.3, -0.25) is 4.90 Å². The Kier molecular flexibility index (Phi) is 5.21. The van der Waals surface area contributed by atoms with Gasteiger partial charge in [0.05, 0.1) is 11.9 Å². The summed E-state index contributed by atoms with van der Waals surface area (Å²) in [5, 5.41) is 22.4. The molecule has 3 aliphatic heterocycles. The number of hydrogen-bond acceptors (Lipinski definition) is 7. The Labute approximate surface area is 195 Å². The lowest BCUT2D eigenvalue weighted by atomic mass is 9.84. The molecular formula is C22H28ClF2N5O3. The lowest BCUT2D eigenvalue weighted by Crippen LogP contribution is -2.55. The van der Waals surface area contributed by atoms with Gasteiger partial charge in [-0.15, -0.1) is 0 Å². The Bertz CT molecular complexity index is 1040. The first kappa shape index (κ1) is 22.1. The number of aliphatic hydroxyl groups is 2. The van der Waals surface area contributed by atoms with Crippen molar-refractivity contribution < 1.29 is 23.7 Å². The van der Waals surface area contributed by atoms with Crippen LogP contribution in [0.5, 0.6) is 0 Å². The van der Waals surface area contributed by atoms with Crippen molar-refractivity contribution in [2.45, 2.75) is 74.1 Å². The standard InChI is InChI=1S/C22H28ClF2N5O3/c23-18-14-3-6-30(19(14)27-12-26-18)20-17(32)16(31)15(33-20)9-29-11-22(24,25)10-21(29)4-7-28(8-5-21)13-1-2-13/h3,6,12-13,15-17,20,31-32H,1-2,4-5,7-11H2/t15-,16-,17-,20-/m1/s1. The van der Waals surface area contributed by atoms with Crippen LogP contribution in [0.3, 0.4) is 0 Å². The number of aliphatic hydroxyl groups excluding tert-OH is 2. The zero-order valence-electron chi connectivity index (χ0n) is 18.2. The van der Waals surface area contributed by atoms with E-state index in [2.05, 4.69) is 14.9 Å². The van der Waals surface area contributed by atoms with Crippen LogP contribution in [0, 0.1) is 0 Å². The van der Waals surface area contributed by atoms with E-state index in [0.29, 0.717) is 29.9 Å². The summed E-state index contributed by atoms with van der Waals surface area (Å²) < 4.78 is 36.9. The summed E-state index contributed by atoms with van der Waals surface area (Å²) in [6.45, 7) is 1.44. The minimum atomic E-state index is -2.77. The molecule has 8 nitrogen and oxygen atoms in total. The van der Waals surface area contributed by atoms with E-state index >= 15 is 0 Å². The maximum absolute atomic E-state index is 14.6. The van der Waals surface area contributed by atoms with Crippen LogP contribution >= 0.6 is 11.6 Å². The highest BCUT2D eigenvalue weighted by Gasteiger charge is 2.57. The molecule has 0 unspecified atom stereocenters. The summed E-state index contributed by atoms with van der Waals surface area (Å²) in [5.41, 5.74) is -0.120. The summed E-state index contributed by atoms with van der Waals surface area (Å²) in [6, 6.07) is 2.35. The van der Waals surface area contributed by atoms with Crippen LogP contribution in [0.15, 0.2) is 18.6 Å². The number of fused-ring (bicyclic) bond motifs is 1. The molecule has 0 radical (unpaired) electrons. The average Bonchev–Trinajstić information content (AvgIpc) is 3.41. The lowest BCUT2D eigenvalue weighted by molar-refractivity contribution is -0.0591. The van der Waals surface area contributed by atoms with Gasteiger partial charge in [-0.05, 0) is 31.7 Å². The van der Waals surface area contributed by atoms with Crippen molar-refractivity contribution in [2.75, 3.05) is 26.2 Å². The van der Waals surface area contributed by atoms with E-state index in [4.69, 9.17) is 16.3 Å². The van der Waals surface area contributed by atoms with Crippen LogP contribution in [0.25, 0.3) is 11.0 Å². The van der Waals surface area contributed by atoms with Gasteiger partial charge in [-0.1, -0.05) is 11.6 Å². The van der Waals surface area contributed by atoms with E-state index in [1.54, 1.807) is 16.8 Å². The molecule has 5 heterocycles. The van der Waals surface area contributed by atoms with Crippen LogP contribution in [-0.4, -0.2) is 96.5 Å². The van der Waals surface area contributed by atoms with E-state index in [1.165, 1.54) is 19.2 Å². The van der Waals surface area contributed by atoms with E-state index in [9.17, 15) is 19.0 Å². The summed E-state index contributed by atoms with van der Waals surface area (Å²) in [5.74, 6) is -2.77. The second-order valence-corrected chi connectivity index (χ2v) is 10.4. The number of alkyl halides is 2. The number of ether oxygens (including phenoxy) is 1. The molecule has 0 amide bonds. The first-order valence-electron chi connectivity index (χ1n) is 11.6. The van der Waals surface area contributed by atoms with E-state index in [-0.39, 0.29) is 24.7 Å². The van der Waals surface area contributed by atoms with E-state index in [0.717, 1.165) is 13.1 Å². The normalized spacial score (nSPS) is 34.6. The first-order valence-corrected chi connectivity index (χ1v) is 12.0. The fourth-order valence-corrected chi connectivity index (χ4v) is 6.26. The Morgan fingerprint density at radius 2 is 1.91 bits per heavy atom. The van der Waals surface area contributed by atoms with Gasteiger partial charge in [0.25, 0.3) is 5.92 Å². The largest absolute Gasteiger partial charge is 0.387 e. The quantitative estimate of drug-likeness (QED) is 0.643. The summed E-state index contributed by atoms with van der Waals surface area (Å²) in [7, 11) is 0. The number of likely N-dealkylation sites (tertiary alicyclic amines) is 2. The van der Waals surface area contributed by atoms with E-state index < -0.39 is 36.0 Å². The van der Waals surface area contributed by atoms with Crippen molar-refractivity contribution in [3.8, 4) is 0 Å². The molecule has 11 heteroatoms. The summed E-state index contributed by atoms with van der Waals surface area (Å²) in [6.07, 6.45) is 2.49. The Balaban J connectivity index is 1.21. The minimum absolute atomic E-state index is 0.142. The maximum Gasteiger partial charge on any atom is 0.262 e. The Morgan fingerprint density at radius 1 is 1.15 bits per heavy atom.